The second-order valence-corrected chi connectivity index (χ2v) is 6.90. The molecule has 0 spiro atoms. The molecule has 0 radical (unpaired) electrons. The van der Waals surface area contributed by atoms with Crippen LogP contribution in [0.2, 0.25) is 0 Å². The summed E-state index contributed by atoms with van der Waals surface area (Å²) in [5, 5.41) is 20.0. The first-order chi connectivity index (χ1) is 14.1. The third-order valence-electron chi connectivity index (χ3n) is 4.68. The molecule has 0 bridgehead atoms. The van der Waals surface area contributed by atoms with Crippen molar-refractivity contribution in [3.05, 3.63) is 111 Å². The molecule has 6 nitrogen and oxygen atoms in total. The van der Waals surface area contributed by atoms with E-state index in [1.165, 1.54) is 12.1 Å². The summed E-state index contributed by atoms with van der Waals surface area (Å²) in [5.41, 5.74) is 10.7. The van der Waals surface area contributed by atoms with E-state index >= 15 is 0 Å². The molecule has 0 amide bonds. The minimum absolute atomic E-state index is 0.0828. The van der Waals surface area contributed by atoms with Gasteiger partial charge in [0.15, 0.2) is 0 Å². The van der Waals surface area contributed by atoms with Gasteiger partial charge in [0.05, 0.1) is 16.6 Å². The van der Waals surface area contributed by atoms with Crippen molar-refractivity contribution >= 4 is 5.69 Å². The van der Waals surface area contributed by atoms with E-state index in [2.05, 4.69) is 23.1 Å². The molecule has 29 heavy (non-hydrogen) atoms. The maximum Gasteiger partial charge on any atom is 0.269 e. The topological polar surface area (TPSA) is 96.2 Å². The lowest BCUT2D eigenvalue weighted by Gasteiger charge is -2.23. The summed E-state index contributed by atoms with van der Waals surface area (Å²) in [6.07, 6.45) is 0. The lowest BCUT2D eigenvalue weighted by Crippen LogP contribution is -2.22. The first-order valence-corrected chi connectivity index (χ1v) is 9.30. The summed E-state index contributed by atoms with van der Waals surface area (Å²) < 4.78 is 0. The van der Waals surface area contributed by atoms with Gasteiger partial charge in [-0.05, 0) is 34.4 Å². The molecule has 0 heterocycles. The van der Waals surface area contributed by atoms with Gasteiger partial charge in [-0.3, -0.25) is 15.0 Å². The number of nitrogens with two attached hydrogens (primary N) is 1. The minimum atomic E-state index is -0.395. The molecule has 0 aliphatic carbocycles. The van der Waals surface area contributed by atoms with Gasteiger partial charge < -0.3 is 5.73 Å². The van der Waals surface area contributed by atoms with E-state index in [0.29, 0.717) is 31.7 Å². The number of nitro groups is 1. The predicted octanol–water partition coefficient (Wildman–Crippen LogP) is 4.13. The molecule has 2 N–H and O–H groups in total. The fraction of sp³-hybridized carbons (Fsp3) is 0.174. The Morgan fingerprint density at radius 1 is 0.862 bits per heavy atom. The van der Waals surface area contributed by atoms with Crippen LogP contribution in [-0.4, -0.2) is 9.82 Å². The number of hydrogen-bond donors (Lipinski definition) is 1. The van der Waals surface area contributed by atoms with Crippen LogP contribution in [0.3, 0.4) is 0 Å². The number of rotatable bonds is 8. The fourth-order valence-electron chi connectivity index (χ4n) is 3.19. The summed E-state index contributed by atoms with van der Waals surface area (Å²) in [5.74, 6) is 0. The van der Waals surface area contributed by atoms with Crippen LogP contribution in [0.4, 0.5) is 5.69 Å². The Bertz CT molecular complexity index is 1010. The second kappa shape index (κ2) is 9.60. The summed E-state index contributed by atoms with van der Waals surface area (Å²) >= 11 is 0. The SMILES string of the molecule is N#Cc1cccc(CN(Cc2ccc(CN)cc2)Cc2ccc([N+](=O)[O-])cc2)c1. The number of benzene rings is 3. The van der Waals surface area contributed by atoms with E-state index in [9.17, 15) is 10.1 Å². The molecule has 0 aliphatic rings. The van der Waals surface area contributed by atoms with Crippen LogP contribution >= 0.6 is 0 Å². The van der Waals surface area contributed by atoms with Gasteiger partial charge in [-0.2, -0.15) is 5.26 Å². The summed E-state index contributed by atoms with van der Waals surface area (Å²) in [4.78, 5) is 12.7. The number of hydrogen-bond acceptors (Lipinski definition) is 5. The van der Waals surface area contributed by atoms with Crippen LogP contribution < -0.4 is 5.73 Å². The van der Waals surface area contributed by atoms with E-state index in [-0.39, 0.29) is 5.69 Å². The Hall–Kier alpha value is -3.53. The third kappa shape index (κ3) is 5.72. The van der Waals surface area contributed by atoms with Gasteiger partial charge in [-0.15, -0.1) is 0 Å². The summed E-state index contributed by atoms with van der Waals surface area (Å²) in [6, 6.07) is 24.5. The minimum Gasteiger partial charge on any atom is -0.326 e. The fourth-order valence-corrected chi connectivity index (χ4v) is 3.19. The molecular formula is C23H22N4O2. The molecule has 3 aromatic carbocycles. The molecule has 6 heteroatoms. The average Bonchev–Trinajstić information content (AvgIpc) is 2.74. The highest BCUT2D eigenvalue weighted by atomic mass is 16.6. The van der Waals surface area contributed by atoms with Crippen molar-refractivity contribution < 1.29 is 4.92 Å². The molecule has 0 atom stereocenters. The molecule has 3 aromatic rings. The molecule has 0 unspecified atom stereocenters. The van der Waals surface area contributed by atoms with Crippen LogP contribution in [0.25, 0.3) is 0 Å². The first kappa shape index (κ1) is 20.2. The Balaban J connectivity index is 1.81. The van der Waals surface area contributed by atoms with Crippen LogP contribution in [-0.2, 0) is 26.2 Å². The van der Waals surface area contributed by atoms with Gasteiger partial charge in [-0.1, -0.05) is 48.5 Å². The molecule has 0 aliphatic heterocycles. The maximum atomic E-state index is 10.9. The third-order valence-corrected chi connectivity index (χ3v) is 4.68. The van der Waals surface area contributed by atoms with E-state index in [1.807, 2.05) is 30.3 Å². The molecule has 0 saturated carbocycles. The molecule has 0 saturated heterocycles. The highest BCUT2D eigenvalue weighted by Crippen LogP contribution is 2.18. The smallest absolute Gasteiger partial charge is 0.269 e. The maximum absolute atomic E-state index is 10.9. The van der Waals surface area contributed by atoms with E-state index in [4.69, 9.17) is 11.0 Å². The monoisotopic (exact) mass is 386 g/mol. The van der Waals surface area contributed by atoms with Gasteiger partial charge in [0, 0.05) is 38.3 Å². The summed E-state index contributed by atoms with van der Waals surface area (Å²) in [6.45, 7) is 2.50. The van der Waals surface area contributed by atoms with E-state index in [0.717, 1.165) is 22.3 Å². The zero-order valence-electron chi connectivity index (χ0n) is 16.0. The highest BCUT2D eigenvalue weighted by Gasteiger charge is 2.11. The van der Waals surface area contributed by atoms with Crippen molar-refractivity contribution in [2.75, 3.05) is 0 Å². The summed E-state index contributed by atoms with van der Waals surface area (Å²) in [7, 11) is 0. The standard InChI is InChI=1S/C23H22N4O2/c24-13-18-4-6-19(7-5-18)15-26(17-22-3-1-2-21(12-22)14-25)16-20-8-10-23(11-9-20)27(28)29/h1-12H,13,15-17,24H2. The highest BCUT2D eigenvalue weighted by molar-refractivity contribution is 5.34. The average molecular weight is 386 g/mol. The van der Waals surface area contributed by atoms with Crippen LogP contribution in [0, 0.1) is 21.4 Å². The van der Waals surface area contributed by atoms with Crippen LogP contribution in [0.5, 0.6) is 0 Å². The normalized spacial score (nSPS) is 10.7. The lowest BCUT2D eigenvalue weighted by atomic mass is 10.1. The Morgan fingerprint density at radius 2 is 1.41 bits per heavy atom. The van der Waals surface area contributed by atoms with Crippen molar-refractivity contribution in [2.24, 2.45) is 5.73 Å². The van der Waals surface area contributed by atoms with Gasteiger partial charge in [0.1, 0.15) is 0 Å². The van der Waals surface area contributed by atoms with Crippen LogP contribution in [0.15, 0.2) is 72.8 Å². The van der Waals surface area contributed by atoms with E-state index in [1.54, 1.807) is 18.2 Å². The van der Waals surface area contributed by atoms with Crippen molar-refractivity contribution in [1.29, 1.82) is 5.26 Å². The Morgan fingerprint density at radius 3 is 1.97 bits per heavy atom. The zero-order chi connectivity index (χ0) is 20.6. The van der Waals surface area contributed by atoms with Gasteiger partial charge in [-0.25, -0.2) is 0 Å². The molecular weight excluding hydrogens is 364 g/mol. The Kier molecular flexibility index (Phi) is 6.69. The van der Waals surface area contributed by atoms with Crippen molar-refractivity contribution in [3.8, 4) is 6.07 Å². The Labute approximate surface area is 170 Å². The number of nitrogens with zero attached hydrogens (tertiary/aromatic N) is 3. The number of nitriles is 1. The quantitative estimate of drug-likeness (QED) is 0.464. The lowest BCUT2D eigenvalue weighted by molar-refractivity contribution is -0.384. The predicted molar refractivity (Wildman–Crippen MR) is 112 cm³/mol. The van der Waals surface area contributed by atoms with E-state index < -0.39 is 4.92 Å². The van der Waals surface area contributed by atoms with Crippen LogP contribution in [0.1, 0.15) is 27.8 Å². The molecule has 0 aromatic heterocycles. The van der Waals surface area contributed by atoms with Crippen molar-refractivity contribution in [2.45, 2.75) is 26.2 Å². The first-order valence-electron chi connectivity index (χ1n) is 9.30. The number of nitro benzene ring substituents is 1. The zero-order valence-corrected chi connectivity index (χ0v) is 16.0. The molecule has 3 rings (SSSR count). The largest absolute Gasteiger partial charge is 0.326 e. The molecule has 146 valence electrons. The van der Waals surface area contributed by atoms with Gasteiger partial charge >= 0.3 is 0 Å². The second-order valence-electron chi connectivity index (χ2n) is 6.90. The van der Waals surface area contributed by atoms with Crippen molar-refractivity contribution in [1.82, 2.24) is 4.90 Å². The van der Waals surface area contributed by atoms with Crippen molar-refractivity contribution in [3.63, 3.8) is 0 Å². The van der Waals surface area contributed by atoms with Gasteiger partial charge in [0.2, 0.25) is 0 Å². The number of non-ortho nitro benzene ring substituents is 1. The molecule has 0 fully saturated rings. The van der Waals surface area contributed by atoms with Gasteiger partial charge in [0.25, 0.3) is 5.69 Å².